The molecule has 1 heterocycles. The van der Waals surface area contributed by atoms with Crippen molar-refractivity contribution in [1.82, 2.24) is 4.31 Å². The molecule has 1 fully saturated rings. The van der Waals surface area contributed by atoms with Gasteiger partial charge in [0.2, 0.25) is 10.0 Å². The van der Waals surface area contributed by atoms with Gasteiger partial charge in [0.05, 0.1) is 15.7 Å². The number of hydrogen-bond donors (Lipinski definition) is 0. The standard InChI is InChI=1S/C22H27N3O7S/c1-23(2)33(29,30)19-9-7-18(8-10-19)31-15-16-32-22(26)17-11-13-24(14-12-17)20-5-3-4-6-21(20)25(27)28/h3-10,17H,11-16H2,1-2H3. The van der Waals surface area contributed by atoms with Crippen LogP contribution in [0.5, 0.6) is 5.75 Å². The first-order chi connectivity index (χ1) is 15.7. The number of carbonyl (C=O) groups is 1. The molecular weight excluding hydrogens is 450 g/mol. The van der Waals surface area contributed by atoms with E-state index in [9.17, 15) is 23.3 Å². The van der Waals surface area contributed by atoms with E-state index in [1.54, 1.807) is 30.3 Å². The molecule has 178 valence electrons. The molecule has 0 N–H and O–H groups in total. The Bertz CT molecular complexity index is 1080. The Morgan fingerprint density at radius 3 is 2.33 bits per heavy atom. The first kappa shape index (κ1) is 24.5. The maximum absolute atomic E-state index is 12.4. The van der Waals surface area contributed by atoms with E-state index in [2.05, 4.69) is 0 Å². The van der Waals surface area contributed by atoms with Gasteiger partial charge in [0.1, 0.15) is 24.7 Å². The van der Waals surface area contributed by atoms with Gasteiger partial charge in [-0.1, -0.05) is 12.1 Å². The number of nitro benzene ring substituents is 1. The molecule has 1 aliphatic heterocycles. The molecule has 10 nitrogen and oxygen atoms in total. The van der Waals surface area contributed by atoms with Crippen LogP contribution >= 0.6 is 0 Å². The van der Waals surface area contributed by atoms with Gasteiger partial charge in [0, 0.05) is 33.3 Å². The van der Waals surface area contributed by atoms with Crippen LogP contribution in [0, 0.1) is 16.0 Å². The van der Waals surface area contributed by atoms with Gasteiger partial charge in [-0.05, 0) is 43.2 Å². The van der Waals surface area contributed by atoms with Crippen molar-refractivity contribution < 1.29 is 27.6 Å². The summed E-state index contributed by atoms with van der Waals surface area (Å²) in [4.78, 5) is 25.3. The monoisotopic (exact) mass is 477 g/mol. The topological polar surface area (TPSA) is 119 Å². The first-order valence-corrected chi connectivity index (χ1v) is 11.9. The summed E-state index contributed by atoms with van der Waals surface area (Å²) in [6, 6.07) is 12.6. The number of para-hydroxylation sites is 2. The van der Waals surface area contributed by atoms with E-state index in [4.69, 9.17) is 9.47 Å². The Kier molecular flexibility index (Phi) is 7.88. The normalized spacial score (nSPS) is 14.8. The van der Waals surface area contributed by atoms with Crippen LogP contribution in [0.4, 0.5) is 11.4 Å². The van der Waals surface area contributed by atoms with Gasteiger partial charge in [0.25, 0.3) is 5.69 Å². The minimum atomic E-state index is -3.50. The third-order valence-electron chi connectivity index (χ3n) is 5.45. The Hall–Kier alpha value is -3.18. The van der Waals surface area contributed by atoms with Crippen LogP contribution in [0.25, 0.3) is 0 Å². The molecule has 0 amide bonds. The average Bonchev–Trinajstić information content (AvgIpc) is 2.82. The summed E-state index contributed by atoms with van der Waals surface area (Å²) >= 11 is 0. The van der Waals surface area contributed by atoms with Crippen molar-refractivity contribution in [3.8, 4) is 5.75 Å². The minimum absolute atomic E-state index is 0.0584. The summed E-state index contributed by atoms with van der Waals surface area (Å²) in [5.41, 5.74) is 0.620. The van der Waals surface area contributed by atoms with Crippen LogP contribution in [0.2, 0.25) is 0 Å². The van der Waals surface area contributed by atoms with Crippen molar-refractivity contribution in [1.29, 1.82) is 0 Å². The zero-order valence-corrected chi connectivity index (χ0v) is 19.4. The molecule has 0 unspecified atom stereocenters. The summed E-state index contributed by atoms with van der Waals surface area (Å²) < 4.78 is 36.1. The van der Waals surface area contributed by atoms with Gasteiger partial charge in [-0.2, -0.15) is 0 Å². The Morgan fingerprint density at radius 1 is 1.09 bits per heavy atom. The van der Waals surface area contributed by atoms with Crippen molar-refractivity contribution in [2.24, 2.45) is 5.92 Å². The van der Waals surface area contributed by atoms with E-state index in [0.29, 0.717) is 37.4 Å². The summed E-state index contributed by atoms with van der Waals surface area (Å²) in [6.45, 7) is 1.27. The Labute approximate surface area is 192 Å². The van der Waals surface area contributed by atoms with Crippen molar-refractivity contribution >= 4 is 27.4 Å². The number of nitrogens with zero attached hydrogens (tertiary/aromatic N) is 3. The van der Waals surface area contributed by atoms with E-state index < -0.39 is 14.9 Å². The quantitative estimate of drug-likeness (QED) is 0.234. The second kappa shape index (κ2) is 10.6. The first-order valence-electron chi connectivity index (χ1n) is 10.5. The number of nitro groups is 1. The number of benzene rings is 2. The number of piperidine rings is 1. The van der Waals surface area contributed by atoms with Crippen LogP contribution in [-0.2, 0) is 19.6 Å². The van der Waals surface area contributed by atoms with Crippen molar-refractivity contribution in [3.05, 3.63) is 58.6 Å². The van der Waals surface area contributed by atoms with Gasteiger partial charge >= 0.3 is 5.97 Å². The molecule has 2 aromatic carbocycles. The molecule has 11 heteroatoms. The lowest BCUT2D eigenvalue weighted by Gasteiger charge is -2.32. The number of ether oxygens (including phenoxy) is 2. The fourth-order valence-electron chi connectivity index (χ4n) is 3.58. The van der Waals surface area contributed by atoms with Gasteiger partial charge in [-0.3, -0.25) is 14.9 Å². The Morgan fingerprint density at radius 2 is 1.73 bits per heavy atom. The van der Waals surface area contributed by atoms with E-state index in [-0.39, 0.29) is 35.7 Å². The van der Waals surface area contributed by atoms with Gasteiger partial charge in [0.15, 0.2) is 0 Å². The second-order valence-corrected chi connectivity index (χ2v) is 9.93. The molecule has 0 atom stereocenters. The highest BCUT2D eigenvalue weighted by atomic mass is 32.2. The highest BCUT2D eigenvalue weighted by Crippen LogP contribution is 2.31. The smallest absolute Gasteiger partial charge is 0.309 e. The van der Waals surface area contributed by atoms with Gasteiger partial charge in [-0.15, -0.1) is 0 Å². The Balaban J connectivity index is 1.42. The molecule has 1 aliphatic rings. The summed E-state index contributed by atoms with van der Waals surface area (Å²) in [5.74, 6) is -0.103. The fourth-order valence-corrected chi connectivity index (χ4v) is 4.48. The molecule has 0 spiro atoms. The lowest BCUT2D eigenvalue weighted by atomic mass is 9.96. The van der Waals surface area contributed by atoms with E-state index in [1.165, 1.54) is 32.3 Å². The number of sulfonamides is 1. The van der Waals surface area contributed by atoms with Gasteiger partial charge < -0.3 is 14.4 Å². The van der Waals surface area contributed by atoms with E-state index in [1.807, 2.05) is 4.90 Å². The largest absolute Gasteiger partial charge is 0.490 e. The van der Waals surface area contributed by atoms with Crippen LogP contribution in [-0.4, -0.2) is 64.0 Å². The predicted octanol–water partition coefficient (Wildman–Crippen LogP) is 2.68. The molecule has 1 saturated heterocycles. The fraction of sp³-hybridized carbons (Fsp3) is 0.409. The third-order valence-corrected chi connectivity index (χ3v) is 7.28. The molecule has 33 heavy (non-hydrogen) atoms. The zero-order valence-electron chi connectivity index (χ0n) is 18.5. The highest BCUT2D eigenvalue weighted by molar-refractivity contribution is 7.89. The molecule has 3 rings (SSSR count). The molecule has 2 aromatic rings. The van der Waals surface area contributed by atoms with Crippen molar-refractivity contribution in [2.75, 3.05) is 45.3 Å². The van der Waals surface area contributed by atoms with E-state index in [0.717, 1.165) is 4.31 Å². The average molecular weight is 478 g/mol. The third kappa shape index (κ3) is 5.99. The number of rotatable bonds is 9. The molecule has 0 saturated carbocycles. The number of anilines is 1. The zero-order chi connectivity index (χ0) is 24.0. The molecule has 0 aliphatic carbocycles. The molecular formula is C22H27N3O7S. The van der Waals surface area contributed by atoms with Gasteiger partial charge in [-0.25, -0.2) is 12.7 Å². The van der Waals surface area contributed by atoms with E-state index >= 15 is 0 Å². The minimum Gasteiger partial charge on any atom is -0.490 e. The molecule has 0 aromatic heterocycles. The number of esters is 1. The van der Waals surface area contributed by atoms with Crippen LogP contribution in [0.15, 0.2) is 53.4 Å². The second-order valence-electron chi connectivity index (χ2n) is 7.78. The predicted molar refractivity (Wildman–Crippen MR) is 122 cm³/mol. The summed E-state index contributed by atoms with van der Waals surface area (Å²) in [6.07, 6.45) is 1.10. The SMILES string of the molecule is CN(C)S(=O)(=O)c1ccc(OCCOC(=O)C2CCN(c3ccccc3[N+](=O)[O-])CC2)cc1. The lowest BCUT2D eigenvalue weighted by molar-refractivity contribution is -0.384. The summed E-state index contributed by atoms with van der Waals surface area (Å²) in [7, 11) is -0.576. The van der Waals surface area contributed by atoms with Crippen molar-refractivity contribution in [2.45, 2.75) is 17.7 Å². The molecule has 0 radical (unpaired) electrons. The van der Waals surface area contributed by atoms with Crippen LogP contribution in [0.1, 0.15) is 12.8 Å². The van der Waals surface area contributed by atoms with Crippen LogP contribution in [0.3, 0.4) is 0 Å². The highest BCUT2D eigenvalue weighted by Gasteiger charge is 2.29. The van der Waals surface area contributed by atoms with Crippen LogP contribution < -0.4 is 9.64 Å². The number of hydrogen-bond acceptors (Lipinski definition) is 8. The number of carbonyl (C=O) groups excluding carboxylic acids is 1. The molecule has 0 bridgehead atoms. The maximum Gasteiger partial charge on any atom is 0.309 e. The summed E-state index contributed by atoms with van der Waals surface area (Å²) in [5, 5.41) is 11.2. The van der Waals surface area contributed by atoms with Crippen molar-refractivity contribution in [3.63, 3.8) is 0 Å². The maximum atomic E-state index is 12.4. The lowest BCUT2D eigenvalue weighted by Crippen LogP contribution is -2.37.